The van der Waals surface area contributed by atoms with E-state index in [9.17, 15) is 0 Å². The number of alkyl halides is 1. The van der Waals surface area contributed by atoms with E-state index in [1.165, 1.54) is 0 Å². The summed E-state index contributed by atoms with van der Waals surface area (Å²) >= 11 is 6.57. The van der Waals surface area contributed by atoms with Crippen LogP contribution in [-0.2, 0) is 13.0 Å². The van der Waals surface area contributed by atoms with E-state index in [-0.39, 0.29) is 5.38 Å². The monoisotopic (exact) mass is 352 g/mol. The third kappa shape index (κ3) is 4.77. The number of rotatable bonds is 7. The SMILES string of the molecule is COc1ccc(CC(Cl)c2ccccc2)cc1OCc1ccccc1. The van der Waals surface area contributed by atoms with Crippen molar-refractivity contribution in [3.63, 3.8) is 0 Å². The first-order chi connectivity index (χ1) is 12.3. The van der Waals surface area contributed by atoms with Crippen molar-refractivity contribution in [1.29, 1.82) is 0 Å². The summed E-state index contributed by atoms with van der Waals surface area (Å²) in [6.07, 6.45) is 0.733. The van der Waals surface area contributed by atoms with Gasteiger partial charge in [0.25, 0.3) is 0 Å². The molecule has 0 radical (unpaired) electrons. The Bertz CT molecular complexity index is 788. The second-order valence-corrected chi connectivity index (χ2v) is 6.37. The summed E-state index contributed by atoms with van der Waals surface area (Å²) < 4.78 is 11.4. The minimum Gasteiger partial charge on any atom is -0.493 e. The summed E-state index contributed by atoms with van der Waals surface area (Å²) in [5.41, 5.74) is 3.36. The lowest BCUT2D eigenvalue weighted by atomic mass is 10.0. The van der Waals surface area contributed by atoms with Gasteiger partial charge in [0.15, 0.2) is 11.5 Å². The van der Waals surface area contributed by atoms with Crippen LogP contribution < -0.4 is 9.47 Å². The molecule has 0 bridgehead atoms. The second-order valence-electron chi connectivity index (χ2n) is 5.84. The highest BCUT2D eigenvalue weighted by Crippen LogP contribution is 2.32. The Balaban J connectivity index is 1.73. The van der Waals surface area contributed by atoms with Crippen LogP contribution in [0.5, 0.6) is 11.5 Å². The van der Waals surface area contributed by atoms with E-state index in [1.54, 1.807) is 7.11 Å². The highest BCUT2D eigenvalue weighted by atomic mass is 35.5. The number of methoxy groups -OCH3 is 1. The van der Waals surface area contributed by atoms with Gasteiger partial charge in [-0.05, 0) is 35.2 Å². The first-order valence-corrected chi connectivity index (χ1v) is 8.72. The average Bonchev–Trinajstić information content (AvgIpc) is 2.68. The molecule has 2 nitrogen and oxygen atoms in total. The van der Waals surface area contributed by atoms with Crippen LogP contribution >= 0.6 is 11.6 Å². The average molecular weight is 353 g/mol. The minimum absolute atomic E-state index is 0.0726. The third-order valence-electron chi connectivity index (χ3n) is 4.04. The molecule has 0 N–H and O–H groups in total. The van der Waals surface area contributed by atoms with Crippen LogP contribution in [-0.4, -0.2) is 7.11 Å². The number of benzene rings is 3. The van der Waals surface area contributed by atoms with Crippen molar-refractivity contribution in [2.24, 2.45) is 0 Å². The quantitative estimate of drug-likeness (QED) is 0.500. The molecule has 0 aromatic heterocycles. The smallest absolute Gasteiger partial charge is 0.161 e. The van der Waals surface area contributed by atoms with E-state index in [1.807, 2.05) is 78.9 Å². The van der Waals surface area contributed by atoms with Crippen LogP contribution in [0.4, 0.5) is 0 Å². The van der Waals surface area contributed by atoms with Crippen LogP contribution in [0, 0.1) is 0 Å². The van der Waals surface area contributed by atoms with Crippen LogP contribution in [0.25, 0.3) is 0 Å². The third-order valence-corrected chi connectivity index (χ3v) is 4.45. The molecule has 1 atom stereocenters. The van der Waals surface area contributed by atoms with Gasteiger partial charge in [-0.2, -0.15) is 0 Å². The second kappa shape index (κ2) is 8.59. The molecule has 128 valence electrons. The Labute approximate surface area is 154 Å². The molecule has 0 saturated heterocycles. The first kappa shape index (κ1) is 17.4. The van der Waals surface area contributed by atoms with Gasteiger partial charge in [-0.1, -0.05) is 66.7 Å². The van der Waals surface area contributed by atoms with Crippen molar-refractivity contribution in [3.05, 3.63) is 95.6 Å². The van der Waals surface area contributed by atoms with Crippen molar-refractivity contribution in [1.82, 2.24) is 0 Å². The molecule has 0 spiro atoms. The van der Waals surface area contributed by atoms with E-state index in [0.717, 1.165) is 34.6 Å². The lowest BCUT2D eigenvalue weighted by Gasteiger charge is -2.14. The molecule has 0 fully saturated rings. The zero-order chi connectivity index (χ0) is 17.5. The molecule has 0 amide bonds. The molecule has 0 aliphatic carbocycles. The first-order valence-electron chi connectivity index (χ1n) is 8.29. The summed E-state index contributed by atoms with van der Waals surface area (Å²) in [4.78, 5) is 0. The molecule has 1 unspecified atom stereocenters. The lowest BCUT2D eigenvalue weighted by Crippen LogP contribution is -2.00. The van der Waals surface area contributed by atoms with Gasteiger partial charge >= 0.3 is 0 Å². The molecule has 0 aliphatic heterocycles. The van der Waals surface area contributed by atoms with Crippen molar-refractivity contribution in [2.45, 2.75) is 18.4 Å². The Morgan fingerprint density at radius 3 is 2.16 bits per heavy atom. The maximum atomic E-state index is 6.57. The van der Waals surface area contributed by atoms with Gasteiger partial charge in [-0.25, -0.2) is 0 Å². The summed E-state index contributed by atoms with van der Waals surface area (Å²) in [5, 5.41) is -0.0726. The molecule has 3 heteroatoms. The Hall–Kier alpha value is -2.45. The Kier molecular flexibility index (Phi) is 5.97. The fourth-order valence-electron chi connectivity index (χ4n) is 2.68. The van der Waals surface area contributed by atoms with E-state index in [0.29, 0.717) is 6.61 Å². The zero-order valence-electron chi connectivity index (χ0n) is 14.2. The van der Waals surface area contributed by atoms with Crippen LogP contribution in [0.1, 0.15) is 22.1 Å². The molecule has 3 aromatic carbocycles. The number of hydrogen-bond donors (Lipinski definition) is 0. The highest BCUT2D eigenvalue weighted by molar-refractivity contribution is 6.20. The summed E-state index contributed by atoms with van der Waals surface area (Å²) in [7, 11) is 1.65. The summed E-state index contributed by atoms with van der Waals surface area (Å²) in [6.45, 7) is 0.504. The van der Waals surface area contributed by atoms with Gasteiger partial charge in [0, 0.05) is 0 Å². The summed E-state index contributed by atoms with van der Waals surface area (Å²) in [6, 6.07) is 26.2. The van der Waals surface area contributed by atoms with Gasteiger partial charge in [0.1, 0.15) is 6.61 Å². The van der Waals surface area contributed by atoms with Crippen LogP contribution in [0.2, 0.25) is 0 Å². The number of hydrogen-bond acceptors (Lipinski definition) is 2. The Morgan fingerprint density at radius 2 is 1.48 bits per heavy atom. The van der Waals surface area contributed by atoms with Gasteiger partial charge < -0.3 is 9.47 Å². The molecule has 0 saturated carbocycles. The van der Waals surface area contributed by atoms with E-state index < -0.39 is 0 Å². The van der Waals surface area contributed by atoms with E-state index >= 15 is 0 Å². The molecule has 3 aromatic rings. The van der Waals surface area contributed by atoms with Crippen molar-refractivity contribution < 1.29 is 9.47 Å². The minimum atomic E-state index is -0.0726. The van der Waals surface area contributed by atoms with Gasteiger partial charge in [-0.3, -0.25) is 0 Å². The fourth-order valence-corrected chi connectivity index (χ4v) is 3.01. The maximum Gasteiger partial charge on any atom is 0.161 e. The molecule has 0 heterocycles. The highest BCUT2D eigenvalue weighted by Gasteiger charge is 2.12. The molecule has 3 rings (SSSR count). The molecule has 0 aliphatic rings. The van der Waals surface area contributed by atoms with Gasteiger partial charge in [-0.15, -0.1) is 11.6 Å². The molecular formula is C22H21ClO2. The number of halogens is 1. The Morgan fingerprint density at radius 1 is 0.800 bits per heavy atom. The lowest BCUT2D eigenvalue weighted by molar-refractivity contribution is 0.284. The van der Waals surface area contributed by atoms with Crippen molar-refractivity contribution in [2.75, 3.05) is 7.11 Å². The summed E-state index contributed by atoms with van der Waals surface area (Å²) in [5.74, 6) is 1.46. The van der Waals surface area contributed by atoms with Gasteiger partial charge in [0.05, 0.1) is 12.5 Å². The predicted octanol–water partition coefficient (Wildman–Crippen LogP) is 5.80. The van der Waals surface area contributed by atoms with E-state index in [4.69, 9.17) is 21.1 Å². The van der Waals surface area contributed by atoms with Crippen molar-refractivity contribution in [3.8, 4) is 11.5 Å². The fraction of sp³-hybridized carbons (Fsp3) is 0.182. The topological polar surface area (TPSA) is 18.5 Å². The standard InChI is InChI=1S/C22H21ClO2/c1-24-21-13-12-18(14-20(23)19-10-6-3-7-11-19)15-22(21)25-16-17-8-4-2-5-9-17/h2-13,15,20H,14,16H2,1H3. The van der Waals surface area contributed by atoms with Crippen LogP contribution in [0.15, 0.2) is 78.9 Å². The van der Waals surface area contributed by atoms with Crippen LogP contribution in [0.3, 0.4) is 0 Å². The normalized spacial score (nSPS) is 11.8. The number of ether oxygens (including phenoxy) is 2. The maximum absolute atomic E-state index is 6.57. The van der Waals surface area contributed by atoms with Gasteiger partial charge in [0.2, 0.25) is 0 Å². The van der Waals surface area contributed by atoms with Crippen molar-refractivity contribution >= 4 is 11.6 Å². The largest absolute Gasteiger partial charge is 0.493 e. The van der Waals surface area contributed by atoms with E-state index in [2.05, 4.69) is 0 Å². The zero-order valence-corrected chi connectivity index (χ0v) is 14.9. The molecule has 25 heavy (non-hydrogen) atoms. The predicted molar refractivity (Wildman–Crippen MR) is 103 cm³/mol. The molecular weight excluding hydrogens is 332 g/mol.